The van der Waals surface area contributed by atoms with Crippen LogP contribution in [0.5, 0.6) is 17.2 Å². The van der Waals surface area contributed by atoms with Gasteiger partial charge in [-0.1, -0.05) is 18.2 Å². The third-order valence-electron chi connectivity index (χ3n) is 3.22. The van der Waals surface area contributed by atoms with Gasteiger partial charge in [0, 0.05) is 6.26 Å². The lowest BCUT2D eigenvalue weighted by Crippen LogP contribution is -2.07. The van der Waals surface area contributed by atoms with Gasteiger partial charge in [-0.05, 0) is 36.4 Å². The van der Waals surface area contributed by atoms with E-state index in [-0.39, 0.29) is 39.5 Å². The Kier molecular flexibility index (Phi) is 5.96. The molecule has 0 amide bonds. The molecule has 0 heterocycles. The van der Waals surface area contributed by atoms with Crippen molar-refractivity contribution in [2.75, 3.05) is 12.9 Å². The van der Waals surface area contributed by atoms with Crippen molar-refractivity contribution < 1.29 is 36.2 Å². The Balaban J connectivity index is 2.44. The molecule has 0 aliphatic carbocycles. The minimum atomic E-state index is -4.62. The topological polar surface area (TPSA) is 72.8 Å². The number of sulfone groups is 1. The van der Waals surface area contributed by atoms with Crippen molar-refractivity contribution in [3.05, 3.63) is 59.3 Å². The average Bonchev–Trinajstić information content (AvgIpc) is 2.53. The Bertz CT molecular complexity index is 971. The smallest absolute Gasteiger partial charge is 0.416 e. The van der Waals surface area contributed by atoms with Crippen molar-refractivity contribution in [1.29, 1.82) is 0 Å². The van der Waals surface area contributed by atoms with E-state index in [1.165, 1.54) is 12.1 Å². The molecule has 1 N–H and O–H groups in total. The van der Waals surface area contributed by atoms with Gasteiger partial charge in [0.25, 0.3) is 0 Å². The summed E-state index contributed by atoms with van der Waals surface area (Å²) < 4.78 is 72.6. The predicted octanol–water partition coefficient (Wildman–Crippen LogP) is 5.01. The van der Waals surface area contributed by atoms with Crippen LogP contribution in [0.1, 0.15) is 5.56 Å². The fraction of sp³-hybridized carbons (Fsp3) is 0.176. The van der Waals surface area contributed by atoms with Crippen molar-refractivity contribution in [2.45, 2.75) is 11.1 Å². The van der Waals surface area contributed by atoms with E-state index in [1.54, 1.807) is 0 Å². The summed E-state index contributed by atoms with van der Waals surface area (Å²) in [5.41, 5.74) is -0.989. The van der Waals surface area contributed by atoms with Crippen molar-refractivity contribution in [2.24, 2.45) is 0 Å². The lowest BCUT2D eigenvalue weighted by molar-refractivity contribution is -0.137. The van der Waals surface area contributed by atoms with E-state index in [0.29, 0.717) is 6.07 Å². The lowest BCUT2D eigenvalue weighted by atomic mass is 10.2. The third-order valence-corrected chi connectivity index (χ3v) is 4.62. The highest BCUT2D eigenvalue weighted by molar-refractivity contribution is 7.90. The third kappa shape index (κ3) is 5.54. The Morgan fingerprint density at radius 1 is 1.15 bits per heavy atom. The number of hydrogen-bond donors (Lipinski definition) is 1. The van der Waals surface area contributed by atoms with Crippen molar-refractivity contribution in [3.63, 3.8) is 0 Å². The summed E-state index contributed by atoms with van der Waals surface area (Å²) in [4.78, 5) is -0.0723. The first-order valence-corrected chi connectivity index (χ1v) is 9.53. The van der Waals surface area contributed by atoms with Crippen molar-refractivity contribution in [1.82, 2.24) is 0 Å². The first-order valence-electron chi connectivity index (χ1n) is 7.26. The van der Waals surface area contributed by atoms with Gasteiger partial charge >= 0.3 is 6.18 Å². The van der Waals surface area contributed by atoms with Crippen molar-refractivity contribution in [3.8, 4) is 17.2 Å². The molecule has 0 saturated carbocycles. The molecule has 146 valence electrons. The van der Waals surface area contributed by atoms with Crippen LogP contribution in [0, 0.1) is 0 Å². The van der Waals surface area contributed by atoms with Crippen LogP contribution in [0.15, 0.2) is 53.6 Å². The summed E-state index contributed by atoms with van der Waals surface area (Å²) in [6.07, 6.45) is -3.64. The first-order chi connectivity index (χ1) is 12.4. The van der Waals surface area contributed by atoms with Crippen LogP contribution in [0.25, 0.3) is 0 Å². The fourth-order valence-corrected chi connectivity index (χ4v) is 2.89. The van der Waals surface area contributed by atoms with Crippen molar-refractivity contribution >= 4 is 21.4 Å². The Labute approximate surface area is 158 Å². The number of aliphatic hydroxyl groups excluding tert-OH is 1. The van der Waals surface area contributed by atoms with Gasteiger partial charge in [-0.3, -0.25) is 0 Å². The Morgan fingerprint density at radius 3 is 2.30 bits per heavy atom. The summed E-state index contributed by atoms with van der Waals surface area (Å²) in [7, 11) is -3.52. The molecule has 0 bridgehead atoms. The molecular formula is C17H14ClF3O5S. The van der Waals surface area contributed by atoms with E-state index in [4.69, 9.17) is 26.2 Å². The zero-order valence-electron chi connectivity index (χ0n) is 13.9. The van der Waals surface area contributed by atoms with Crippen LogP contribution in [0.3, 0.4) is 0 Å². The molecule has 2 aromatic carbocycles. The second-order valence-corrected chi connectivity index (χ2v) is 7.90. The second kappa shape index (κ2) is 7.69. The van der Waals surface area contributed by atoms with E-state index in [0.717, 1.165) is 24.5 Å². The van der Waals surface area contributed by atoms with Crippen LogP contribution >= 0.6 is 11.6 Å². The molecule has 2 aromatic rings. The van der Waals surface area contributed by atoms with Crippen LogP contribution in [0.2, 0.25) is 5.02 Å². The maximum Gasteiger partial charge on any atom is 0.416 e. The number of aliphatic hydroxyl groups is 1. The molecular weight excluding hydrogens is 409 g/mol. The number of benzene rings is 2. The minimum Gasteiger partial charge on any atom is -0.509 e. The van der Waals surface area contributed by atoms with E-state index < -0.39 is 21.6 Å². The van der Waals surface area contributed by atoms with E-state index in [2.05, 4.69) is 6.58 Å². The first kappa shape index (κ1) is 20.9. The molecule has 0 aliphatic heterocycles. The van der Waals surface area contributed by atoms with Gasteiger partial charge in [0.15, 0.2) is 21.3 Å². The van der Waals surface area contributed by atoms with Gasteiger partial charge in [-0.2, -0.15) is 13.2 Å². The van der Waals surface area contributed by atoms with E-state index in [1.807, 2.05) is 0 Å². The zero-order valence-corrected chi connectivity index (χ0v) is 15.5. The zero-order chi connectivity index (χ0) is 20.4. The maximum atomic E-state index is 13.0. The van der Waals surface area contributed by atoms with Gasteiger partial charge in [0.05, 0.1) is 15.5 Å². The number of ether oxygens (including phenoxy) is 2. The molecule has 0 aliphatic rings. The summed E-state index contributed by atoms with van der Waals surface area (Å²) in [5, 5.41) is 8.99. The molecule has 2 rings (SSSR count). The molecule has 0 unspecified atom stereocenters. The summed E-state index contributed by atoms with van der Waals surface area (Å²) in [6, 6.07) is 6.07. The molecule has 0 spiro atoms. The summed E-state index contributed by atoms with van der Waals surface area (Å²) >= 11 is 5.99. The largest absolute Gasteiger partial charge is 0.509 e. The molecule has 10 heteroatoms. The van der Waals surface area contributed by atoms with Crippen LogP contribution in [-0.4, -0.2) is 26.4 Å². The second-order valence-electron chi connectivity index (χ2n) is 5.48. The van der Waals surface area contributed by atoms with Gasteiger partial charge < -0.3 is 14.6 Å². The van der Waals surface area contributed by atoms with Gasteiger partial charge in [-0.15, -0.1) is 0 Å². The molecule has 0 atom stereocenters. The lowest BCUT2D eigenvalue weighted by Gasteiger charge is -2.16. The summed E-state index contributed by atoms with van der Waals surface area (Å²) in [5.74, 6) is -0.825. The molecule has 0 aromatic heterocycles. The molecule has 5 nitrogen and oxygen atoms in total. The SMILES string of the molecule is C=C(O)COc1ccc(C(F)(F)F)cc1Oc1ccc(S(C)(=O)=O)cc1Cl. The minimum absolute atomic E-state index is 0.0723. The number of rotatable bonds is 6. The molecule has 0 radical (unpaired) electrons. The highest BCUT2D eigenvalue weighted by atomic mass is 35.5. The van der Waals surface area contributed by atoms with E-state index in [9.17, 15) is 21.6 Å². The fourth-order valence-electron chi connectivity index (χ4n) is 1.96. The van der Waals surface area contributed by atoms with Gasteiger partial charge in [-0.25, -0.2) is 8.42 Å². The highest BCUT2D eigenvalue weighted by Crippen LogP contribution is 2.40. The van der Waals surface area contributed by atoms with Crippen LogP contribution in [-0.2, 0) is 16.0 Å². The molecule has 27 heavy (non-hydrogen) atoms. The van der Waals surface area contributed by atoms with Gasteiger partial charge in [0.1, 0.15) is 18.1 Å². The number of hydrogen-bond acceptors (Lipinski definition) is 5. The standard InChI is InChI=1S/C17H14ClF3O5S/c1-10(22)9-25-15-5-3-11(17(19,20)21)7-16(15)26-14-6-4-12(8-13(14)18)27(2,23)24/h3-8,22H,1,9H2,2H3. The maximum absolute atomic E-state index is 13.0. The quantitative estimate of drug-likeness (QED) is 0.663. The Hall–Kier alpha value is -2.39. The number of alkyl halides is 3. The normalized spacial score (nSPS) is 11.9. The number of halogens is 4. The van der Waals surface area contributed by atoms with Gasteiger partial charge in [0.2, 0.25) is 0 Å². The molecule has 0 saturated heterocycles. The van der Waals surface area contributed by atoms with E-state index >= 15 is 0 Å². The van der Waals surface area contributed by atoms with Crippen LogP contribution in [0.4, 0.5) is 13.2 Å². The Morgan fingerprint density at radius 2 is 1.78 bits per heavy atom. The highest BCUT2D eigenvalue weighted by Gasteiger charge is 2.31. The summed E-state index contributed by atoms with van der Waals surface area (Å²) in [6.45, 7) is 2.86. The predicted molar refractivity (Wildman–Crippen MR) is 93.3 cm³/mol. The monoisotopic (exact) mass is 422 g/mol. The van der Waals surface area contributed by atoms with Crippen LogP contribution < -0.4 is 9.47 Å². The average molecular weight is 423 g/mol. The molecule has 0 fully saturated rings.